The molecule has 2 atom stereocenters. The van der Waals surface area contributed by atoms with E-state index in [0.29, 0.717) is 30.9 Å². The topological polar surface area (TPSA) is 93.7 Å². The number of aryl methyl sites for hydroxylation is 1. The quantitative estimate of drug-likeness (QED) is 0.704. The highest BCUT2D eigenvalue weighted by molar-refractivity contribution is 7.89. The summed E-state index contributed by atoms with van der Waals surface area (Å²) in [4.78, 5) is 11.9. The minimum absolute atomic E-state index is 0.00634. The summed E-state index contributed by atoms with van der Waals surface area (Å²) in [6.07, 6.45) is 1.34. The summed E-state index contributed by atoms with van der Waals surface area (Å²) in [5.41, 5.74) is 3.50. The molecule has 2 unspecified atom stereocenters. The molecule has 7 nitrogen and oxygen atoms in total. The van der Waals surface area contributed by atoms with Gasteiger partial charge in [-0.25, -0.2) is 13.1 Å². The Hall–Kier alpha value is -2.58. The Labute approximate surface area is 176 Å². The molecule has 2 N–H and O–H groups in total. The molecule has 2 aliphatic heterocycles. The number of ether oxygens (including phenoxy) is 2. The molecular formula is C22H26N2O5S. The minimum atomic E-state index is -3.48. The number of carbonyl (C=O) groups is 1. The van der Waals surface area contributed by atoms with E-state index in [4.69, 9.17) is 9.47 Å². The average molecular weight is 431 g/mol. The van der Waals surface area contributed by atoms with Crippen LogP contribution in [-0.4, -0.2) is 32.8 Å². The summed E-state index contributed by atoms with van der Waals surface area (Å²) in [7, 11) is -3.48. The van der Waals surface area contributed by atoms with Crippen LogP contribution in [0.3, 0.4) is 0 Å². The van der Waals surface area contributed by atoms with Crippen molar-refractivity contribution in [2.24, 2.45) is 0 Å². The molecule has 2 heterocycles. The van der Waals surface area contributed by atoms with Gasteiger partial charge in [0.05, 0.1) is 18.0 Å². The second-order valence-electron chi connectivity index (χ2n) is 7.71. The highest BCUT2D eigenvalue weighted by Gasteiger charge is 2.27. The summed E-state index contributed by atoms with van der Waals surface area (Å²) >= 11 is 0. The molecule has 4 rings (SSSR count). The summed E-state index contributed by atoms with van der Waals surface area (Å²) in [6, 6.07) is 10.8. The van der Waals surface area contributed by atoms with Crippen molar-refractivity contribution in [3.8, 4) is 11.5 Å². The van der Waals surface area contributed by atoms with Crippen LogP contribution in [0.4, 0.5) is 5.69 Å². The number of hydrogen-bond acceptors (Lipinski definition) is 5. The fraction of sp³-hybridized carbons (Fsp3) is 0.409. The maximum absolute atomic E-state index is 12.6. The van der Waals surface area contributed by atoms with Crippen LogP contribution in [0.25, 0.3) is 0 Å². The Kier molecular flexibility index (Phi) is 5.71. The van der Waals surface area contributed by atoms with Crippen LogP contribution < -0.4 is 19.5 Å². The molecule has 2 aliphatic rings. The zero-order chi connectivity index (χ0) is 21.3. The molecule has 1 amide bonds. The van der Waals surface area contributed by atoms with Crippen molar-refractivity contribution in [2.45, 2.75) is 45.3 Å². The highest BCUT2D eigenvalue weighted by Crippen LogP contribution is 2.33. The van der Waals surface area contributed by atoms with E-state index in [0.717, 1.165) is 28.9 Å². The molecule has 2 aromatic rings. The second-order valence-corrected chi connectivity index (χ2v) is 9.58. The Morgan fingerprint density at radius 3 is 2.83 bits per heavy atom. The molecule has 0 fully saturated rings. The SMILES string of the molecule is CCC1Oc2cc(C(C)NS(=O)(=O)CCc3ccc4c(c3)CCO4)ccc2NC1=O. The zero-order valence-corrected chi connectivity index (χ0v) is 17.9. The van der Waals surface area contributed by atoms with Gasteiger partial charge < -0.3 is 14.8 Å². The van der Waals surface area contributed by atoms with Crippen molar-refractivity contribution in [3.05, 3.63) is 53.1 Å². The number of carbonyl (C=O) groups excluding carboxylic acids is 1. The Balaban J connectivity index is 1.40. The van der Waals surface area contributed by atoms with Gasteiger partial charge in [0, 0.05) is 12.5 Å². The fourth-order valence-electron chi connectivity index (χ4n) is 3.74. The minimum Gasteiger partial charge on any atom is -0.493 e. The van der Waals surface area contributed by atoms with Gasteiger partial charge in [-0.3, -0.25) is 4.79 Å². The molecule has 30 heavy (non-hydrogen) atoms. The molecule has 2 aromatic carbocycles. The van der Waals surface area contributed by atoms with Gasteiger partial charge in [0.1, 0.15) is 11.5 Å². The number of rotatable bonds is 7. The lowest BCUT2D eigenvalue weighted by Crippen LogP contribution is -2.36. The molecule has 0 aromatic heterocycles. The molecule has 0 saturated heterocycles. The zero-order valence-electron chi connectivity index (χ0n) is 17.1. The van der Waals surface area contributed by atoms with Crippen molar-refractivity contribution < 1.29 is 22.7 Å². The van der Waals surface area contributed by atoms with Crippen LogP contribution in [0.1, 0.15) is 43.0 Å². The first-order valence-electron chi connectivity index (χ1n) is 10.2. The first-order chi connectivity index (χ1) is 14.3. The third kappa shape index (κ3) is 4.44. The lowest BCUT2D eigenvalue weighted by Gasteiger charge is -2.26. The van der Waals surface area contributed by atoms with E-state index in [-0.39, 0.29) is 11.7 Å². The molecule has 0 radical (unpaired) electrons. The van der Waals surface area contributed by atoms with Gasteiger partial charge in [0.15, 0.2) is 6.10 Å². The normalized spacial score (nSPS) is 18.6. The van der Waals surface area contributed by atoms with Crippen LogP contribution in [0, 0.1) is 0 Å². The molecule has 8 heteroatoms. The fourth-order valence-corrected chi connectivity index (χ4v) is 5.04. The number of sulfonamides is 1. The summed E-state index contributed by atoms with van der Waals surface area (Å²) in [5.74, 6) is 1.30. The van der Waals surface area contributed by atoms with Gasteiger partial charge in [-0.15, -0.1) is 0 Å². The largest absolute Gasteiger partial charge is 0.493 e. The summed E-state index contributed by atoms with van der Waals surface area (Å²) < 4.78 is 39.2. The Morgan fingerprint density at radius 2 is 2.03 bits per heavy atom. The van der Waals surface area contributed by atoms with Gasteiger partial charge in [0.2, 0.25) is 10.0 Å². The second kappa shape index (κ2) is 8.28. The van der Waals surface area contributed by atoms with Gasteiger partial charge in [-0.1, -0.05) is 25.1 Å². The molecule has 0 spiro atoms. The number of amides is 1. The van der Waals surface area contributed by atoms with Crippen LogP contribution in [-0.2, 0) is 27.7 Å². The van der Waals surface area contributed by atoms with E-state index in [1.807, 2.05) is 25.1 Å². The molecule has 0 saturated carbocycles. The van der Waals surface area contributed by atoms with E-state index in [1.165, 1.54) is 0 Å². The molecular weight excluding hydrogens is 404 g/mol. The van der Waals surface area contributed by atoms with Gasteiger partial charge >= 0.3 is 0 Å². The number of hydrogen-bond donors (Lipinski definition) is 2. The molecule has 0 bridgehead atoms. The standard InChI is InChI=1S/C22H26N2O5S/c1-3-19-22(25)23-18-6-5-16(13-21(18)29-19)14(2)24-30(26,27)11-9-15-4-7-20-17(12-15)8-10-28-20/h4-7,12-14,19,24H,3,8-11H2,1-2H3,(H,23,25). The van der Waals surface area contributed by atoms with E-state index in [1.54, 1.807) is 25.1 Å². The summed E-state index contributed by atoms with van der Waals surface area (Å²) in [5, 5.41) is 2.82. The van der Waals surface area contributed by atoms with Crippen molar-refractivity contribution in [1.82, 2.24) is 4.72 Å². The first-order valence-corrected chi connectivity index (χ1v) is 11.9. The van der Waals surface area contributed by atoms with Crippen LogP contribution >= 0.6 is 0 Å². The molecule has 0 aliphatic carbocycles. The van der Waals surface area contributed by atoms with Crippen molar-refractivity contribution in [1.29, 1.82) is 0 Å². The average Bonchev–Trinajstić information content (AvgIpc) is 3.19. The lowest BCUT2D eigenvalue weighted by molar-refractivity contribution is -0.123. The van der Waals surface area contributed by atoms with E-state index in [2.05, 4.69) is 10.0 Å². The van der Waals surface area contributed by atoms with Crippen LogP contribution in [0.5, 0.6) is 11.5 Å². The lowest BCUT2D eigenvalue weighted by atomic mass is 10.1. The van der Waals surface area contributed by atoms with Crippen molar-refractivity contribution >= 4 is 21.6 Å². The van der Waals surface area contributed by atoms with Crippen LogP contribution in [0.2, 0.25) is 0 Å². The maximum atomic E-state index is 12.6. The van der Waals surface area contributed by atoms with Gasteiger partial charge in [-0.05, 0) is 54.7 Å². The monoisotopic (exact) mass is 430 g/mol. The number of benzene rings is 2. The summed E-state index contributed by atoms with van der Waals surface area (Å²) in [6.45, 7) is 4.36. The Bertz CT molecular complexity index is 1070. The highest BCUT2D eigenvalue weighted by atomic mass is 32.2. The maximum Gasteiger partial charge on any atom is 0.265 e. The van der Waals surface area contributed by atoms with Gasteiger partial charge in [0.25, 0.3) is 5.91 Å². The third-order valence-electron chi connectivity index (χ3n) is 5.47. The van der Waals surface area contributed by atoms with Crippen LogP contribution in [0.15, 0.2) is 36.4 Å². The molecule has 160 valence electrons. The smallest absolute Gasteiger partial charge is 0.265 e. The first kappa shape index (κ1) is 20.7. The van der Waals surface area contributed by atoms with Crippen molar-refractivity contribution in [2.75, 3.05) is 17.7 Å². The predicted octanol–water partition coefficient (Wildman–Crippen LogP) is 2.95. The Morgan fingerprint density at radius 1 is 1.20 bits per heavy atom. The van der Waals surface area contributed by atoms with Gasteiger partial charge in [-0.2, -0.15) is 0 Å². The van der Waals surface area contributed by atoms with E-state index in [9.17, 15) is 13.2 Å². The third-order valence-corrected chi connectivity index (χ3v) is 6.92. The van der Waals surface area contributed by atoms with Crippen molar-refractivity contribution in [3.63, 3.8) is 0 Å². The number of anilines is 1. The van der Waals surface area contributed by atoms with E-state index < -0.39 is 22.2 Å². The van der Waals surface area contributed by atoms with E-state index >= 15 is 0 Å². The number of fused-ring (bicyclic) bond motifs is 2. The number of nitrogens with one attached hydrogen (secondary N) is 2. The predicted molar refractivity (Wildman–Crippen MR) is 114 cm³/mol.